The van der Waals surface area contributed by atoms with Crippen molar-refractivity contribution in [2.24, 2.45) is 0 Å². The number of nitrogens with zero attached hydrogens (tertiary/aromatic N) is 2. The van der Waals surface area contributed by atoms with Crippen LogP contribution in [0.2, 0.25) is 0 Å². The summed E-state index contributed by atoms with van der Waals surface area (Å²) >= 11 is 2.96. The number of carbonyl (C=O) groups is 1. The second kappa shape index (κ2) is 8.67. The highest BCUT2D eigenvalue weighted by Crippen LogP contribution is 2.28. The summed E-state index contributed by atoms with van der Waals surface area (Å²) in [5.41, 5.74) is 3.08. The Morgan fingerprint density at radius 1 is 1.24 bits per heavy atom. The summed E-state index contributed by atoms with van der Waals surface area (Å²) in [5.74, 6) is 0.321. The first-order valence-corrected chi connectivity index (χ1v) is 10.5. The molecule has 0 spiro atoms. The average molecular weight is 377 g/mol. The third-order valence-electron chi connectivity index (χ3n) is 4.33. The Morgan fingerprint density at radius 2 is 2.04 bits per heavy atom. The zero-order valence-corrected chi connectivity index (χ0v) is 16.3. The minimum Gasteiger partial charge on any atom is -0.357 e. The maximum atomic E-state index is 12.2. The fourth-order valence-corrected chi connectivity index (χ4v) is 4.56. The smallest absolute Gasteiger partial charge is 0.234 e. The molecule has 3 rings (SSSR count). The molecular weight excluding hydrogens is 352 g/mol. The molecule has 0 saturated heterocycles. The van der Waals surface area contributed by atoms with Crippen LogP contribution in [0, 0.1) is 13.8 Å². The number of hydrogen-bond donors (Lipinski definition) is 2. The number of hydrogen-bond acceptors (Lipinski definition) is 6. The molecule has 1 fully saturated rings. The normalized spacial score (nSPS) is 15.1. The van der Waals surface area contributed by atoms with Crippen LogP contribution in [0.3, 0.4) is 0 Å². The molecule has 25 heavy (non-hydrogen) atoms. The molecule has 0 atom stereocenters. The van der Waals surface area contributed by atoms with Gasteiger partial charge < -0.3 is 10.6 Å². The Hall–Kier alpha value is -1.60. The van der Waals surface area contributed by atoms with Crippen LogP contribution in [0.5, 0.6) is 0 Å². The molecule has 0 bridgehead atoms. The monoisotopic (exact) mass is 376 g/mol. The van der Waals surface area contributed by atoms with Gasteiger partial charge in [0.25, 0.3) is 0 Å². The Labute approximate surface area is 157 Å². The second-order valence-electron chi connectivity index (χ2n) is 6.51. The van der Waals surface area contributed by atoms with E-state index in [4.69, 9.17) is 0 Å². The zero-order valence-electron chi connectivity index (χ0n) is 14.7. The van der Waals surface area contributed by atoms with Crippen LogP contribution in [0.1, 0.15) is 43.2 Å². The second-order valence-corrected chi connectivity index (χ2v) is 8.71. The molecule has 134 valence electrons. The molecule has 2 aromatic rings. The maximum Gasteiger partial charge on any atom is 0.234 e. The number of nitrogens with one attached hydrogen (secondary N) is 2. The van der Waals surface area contributed by atoms with E-state index in [1.165, 1.54) is 55.2 Å². The largest absolute Gasteiger partial charge is 0.357 e. The molecule has 0 aliphatic heterocycles. The van der Waals surface area contributed by atoms with Crippen molar-refractivity contribution < 1.29 is 4.79 Å². The first-order chi connectivity index (χ1) is 12.1. The molecule has 1 heterocycles. The van der Waals surface area contributed by atoms with Crippen LogP contribution in [-0.4, -0.2) is 27.9 Å². The van der Waals surface area contributed by atoms with Gasteiger partial charge in [0, 0.05) is 11.7 Å². The minimum absolute atomic E-state index is 0.0179. The average Bonchev–Trinajstić information content (AvgIpc) is 3.05. The number of aromatic nitrogens is 2. The van der Waals surface area contributed by atoms with Crippen molar-refractivity contribution >= 4 is 39.8 Å². The number of amides is 1. The molecule has 1 aliphatic rings. The lowest BCUT2D eigenvalue weighted by atomic mass is 9.96. The van der Waals surface area contributed by atoms with Gasteiger partial charge in [0.05, 0.1) is 5.75 Å². The van der Waals surface area contributed by atoms with Crippen molar-refractivity contribution in [2.45, 2.75) is 56.3 Å². The maximum absolute atomic E-state index is 12.2. The summed E-state index contributed by atoms with van der Waals surface area (Å²) in [5, 5.41) is 15.7. The SMILES string of the molecule is Cc1ccc(C)c(NC(=O)CSc2nnc(NC3CCCCC3)s2)c1. The summed E-state index contributed by atoms with van der Waals surface area (Å²) in [6.45, 7) is 4.02. The predicted molar refractivity (Wildman–Crippen MR) is 106 cm³/mol. The van der Waals surface area contributed by atoms with Crippen LogP contribution in [-0.2, 0) is 4.79 Å². The molecule has 0 radical (unpaired) electrons. The van der Waals surface area contributed by atoms with Crippen LogP contribution >= 0.6 is 23.1 Å². The van der Waals surface area contributed by atoms with Gasteiger partial charge in [-0.15, -0.1) is 10.2 Å². The van der Waals surface area contributed by atoms with E-state index < -0.39 is 0 Å². The Morgan fingerprint density at radius 3 is 2.84 bits per heavy atom. The van der Waals surface area contributed by atoms with Gasteiger partial charge in [-0.1, -0.05) is 54.5 Å². The molecule has 1 aliphatic carbocycles. The number of benzene rings is 1. The molecule has 7 heteroatoms. The highest BCUT2D eigenvalue weighted by atomic mass is 32.2. The third-order valence-corrected chi connectivity index (χ3v) is 6.32. The van der Waals surface area contributed by atoms with Gasteiger partial charge in [0.1, 0.15) is 0 Å². The van der Waals surface area contributed by atoms with Crippen molar-refractivity contribution in [2.75, 3.05) is 16.4 Å². The Kier molecular flexibility index (Phi) is 6.31. The van der Waals surface area contributed by atoms with Crippen LogP contribution in [0.25, 0.3) is 0 Å². The van der Waals surface area contributed by atoms with Crippen LogP contribution in [0.4, 0.5) is 10.8 Å². The fraction of sp³-hybridized carbons (Fsp3) is 0.500. The summed E-state index contributed by atoms with van der Waals surface area (Å²) in [4.78, 5) is 12.2. The van der Waals surface area contributed by atoms with Crippen LogP contribution < -0.4 is 10.6 Å². The van der Waals surface area contributed by atoms with Crippen molar-refractivity contribution in [1.82, 2.24) is 10.2 Å². The van der Waals surface area contributed by atoms with Crippen LogP contribution in [0.15, 0.2) is 22.5 Å². The lowest BCUT2D eigenvalue weighted by Crippen LogP contribution is -2.21. The molecule has 2 N–H and O–H groups in total. The van der Waals surface area contributed by atoms with E-state index in [0.29, 0.717) is 11.8 Å². The summed E-state index contributed by atoms with van der Waals surface area (Å²) in [6, 6.07) is 6.58. The third kappa shape index (κ3) is 5.44. The number of carbonyl (C=O) groups excluding carboxylic acids is 1. The van der Waals surface area contributed by atoms with E-state index in [1.807, 2.05) is 32.0 Å². The first-order valence-electron chi connectivity index (χ1n) is 8.70. The standard InChI is InChI=1S/C18H24N4OS2/c1-12-8-9-13(2)15(10-12)20-16(23)11-24-18-22-21-17(25-18)19-14-6-4-3-5-7-14/h8-10,14H,3-7,11H2,1-2H3,(H,19,21)(H,20,23). The van der Waals surface area contributed by atoms with E-state index in [0.717, 1.165) is 26.3 Å². The fourth-order valence-electron chi connectivity index (χ4n) is 2.93. The van der Waals surface area contributed by atoms with Gasteiger partial charge in [-0.25, -0.2) is 0 Å². The Bertz CT molecular complexity index is 726. The topological polar surface area (TPSA) is 66.9 Å². The molecule has 1 aromatic carbocycles. The lowest BCUT2D eigenvalue weighted by Gasteiger charge is -2.21. The Balaban J connectivity index is 1.48. The summed E-state index contributed by atoms with van der Waals surface area (Å²) in [7, 11) is 0. The number of aryl methyl sites for hydroxylation is 2. The van der Waals surface area contributed by atoms with E-state index in [1.54, 1.807) is 0 Å². The molecule has 1 amide bonds. The van der Waals surface area contributed by atoms with Gasteiger partial charge in [-0.05, 0) is 43.9 Å². The van der Waals surface area contributed by atoms with E-state index in [2.05, 4.69) is 20.8 Å². The molecule has 1 aromatic heterocycles. The van der Waals surface area contributed by atoms with Crippen molar-refractivity contribution in [1.29, 1.82) is 0 Å². The quantitative estimate of drug-likeness (QED) is 0.720. The van der Waals surface area contributed by atoms with Crippen molar-refractivity contribution in [3.05, 3.63) is 29.3 Å². The first kappa shape index (κ1) is 18.2. The van der Waals surface area contributed by atoms with Gasteiger partial charge >= 0.3 is 0 Å². The zero-order chi connectivity index (χ0) is 17.6. The molecule has 0 unspecified atom stereocenters. The van der Waals surface area contributed by atoms with Gasteiger partial charge in [0.2, 0.25) is 11.0 Å². The van der Waals surface area contributed by atoms with Crippen molar-refractivity contribution in [3.8, 4) is 0 Å². The highest BCUT2D eigenvalue weighted by molar-refractivity contribution is 8.01. The van der Waals surface area contributed by atoms with Gasteiger partial charge in [0.15, 0.2) is 4.34 Å². The van der Waals surface area contributed by atoms with Gasteiger partial charge in [-0.2, -0.15) is 0 Å². The molecule has 1 saturated carbocycles. The van der Waals surface area contributed by atoms with Gasteiger partial charge in [-0.3, -0.25) is 4.79 Å². The number of thioether (sulfide) groups is 1. The molecule has 5 nitrogen and oxygen atoms in total. The number of anilines is 2. The molecular formula is C18H24N4OS2. The summed E-state index contributed by atoms with van der Waals surface area (Å²) < 4.78 is 0.828. The lowest BCUT2D eigenvalue weighted by molar-refractivity contribution is -0.113. The highest BCUT2D eigenvalue weighted by Gasteiger charge is 2.15. The minimum atomic E-state index is -0.0179. The van der Waals surface area contributed by atoms with E-state index >= 15 is 0 Å². The van der Waals surface area contributed by atoms with E-state index in [-0.39, 0.29) is 5.91 Å². The summed E-state index contributed by atoms with van der Waals surface area (Å²) in [6.07, 6.45) is 6.33. The predicted octanol–water partition coefficient (Wildman–Crippen LogP) is 4.63. The van der Waals surface area contributed by atoms with E-state index in [9.17, 15) is 4.79 Å². The van der Waals surface area contributed by atoms with Crippen molar-refractivity contribution in [3.63, 3.8) is 0 Å². The number of rotatable bonds is 6.